The van der Waals surface area contributed by atoms with E-state index in [0.29, 0.717) is 18.9 Å². The summed E-state index contributed by atoms with van der Waals surface area (Å²) >= 11 is 0. The molecule has 3 N–H and O–H groups in total. The van der Waals surface area contributed by atoms with E-state index in [0.717, 1.165) is 39.2 Å². The first-order chi connectivity index (χ1) is 15.0. The fourth-order valence-electron chi connectivity index (χ4n) is 4.10. The van der Waals surface area contributed by atoms with Gasteiger partial charge in [0.25, 0.3) is 0 Å². The van der Waals surface area contributed by atoms with Crippen LogP contribution >= 0.6 is 0 Å². The molecule has 3 aromatic heterocycles. The number of fused-ring (bicyclic) bond motifs is 2. The van der Waals surface area contributed by atoms with Gasteiger partial charge in [-0.05, 0) is 37.3 Å². The van der Waals surface area contributed by atoms with Crippen molar-refractivity contribution in [2.45, 2.75) is 12.5 Å². The van der Waals surface area contributed by atoms with E-state index in [-0.39, 0.29) is 0 Å². The summed E-state index contributed by atoms with van der Waals surface area (Å²) in [6, 6.07) is 14.3. The quantitative estimate of drug-likeness (QED) is 0.418. The Hall–Kier alpha value is -3.91. The molecule has 0 atom stereocenters. The van der Waals surface area contributed by atoms with Crippen LogP contribution in [0, 0.1) is 0 Å². The Morgan fingerprint density at radius 1 is 1.13 bits per heavy atom. The van der Waals surface area contributed by atoms with E-state index in [1.165, 1.54) is 0 Å². The smallest absolute Gasteiger partial charge is 0.180 e. The van der Waals surface area contributed by atoms with Crippen molar-refractivity contribution in [3.63, 3.8) is 0 Å². The highest BCUT2D eigenvalue weighted by atomic mass is 16.3. The number of benzene rings is 2. The summed E-state index contributed by atoms with van der Waals surface area (Å²) in [5, 5.41) is 21.6. The first-order valence-corrected chi connectivity index (χ1v) is 10.2. The highest BCUT2D eigenvalue weighted by molar-refractivity contribution is 5.84. The summed E-state index contributed by atoms with van der Waals surface area (Å²) in [5.74, 6) is 0.687. The lowest BCUT2D eigenvalue weighted by molar-refractivity contribution is 0.0310. The van der Waals surface area contributed by atoms with Crippen LogP contribution in [0.5, 0.6) is 0 Å². The van der Waals surface area contributed by atoms with Crippen LogP contribution in [0.25, 0.3) is 27.8 Å². The maximum Gasteiger partial charge on any atom is 0.180 e. The van der Waals surface area contributed by atoms with Gasteiger partial charge in [0.05, 0.1) is 23.0 Å². The minimum absolute atomic E-state index is 0.591. The second-order valence-electron chi connectivity index (χ2n) is 8.33. The van der Waals surface area contributed by atoms with Gasteiger partial charge in [0.15, 0.2) is 11.5 Å². The molecule has 0 radical (unpaired) electrons. The van der Waals surface area contributed by atoms with Gasteiger partial charge in [-0.2, -0.15) is 5.10 Å². The number of anilines is 3. The van der Waals surface area contributed by atoms with Crippen LogP contribution in [-0.4, -0.2) is 48.4 Å². The fraction of sp³-hybridized carbons (Fsp3) is 0.174. The van der Waals surface area contributed by atoms with Crippen molar-refractivity contribution < 1.29 is 5.11 Å². The number of rotatable bonds is 4. The number of aromatic nitrogens is 5. The van der Waals surface area contributed by atoms with Gasteiger partial charge < -0.3 is 19.7 Å². The molecule has 0 aliphatic carbocycles. The van der Waals surface area contributed by atoms with E-state index in [2.05, 4.69) is 37.5 Å². The molecule has 6 rings (SSSR count). The van der Waals surface area contributed by atoms with Crippen molar-refractivity contribution in [2.24, 2.45) is 0 Å². The first-order valence-electron chi connectivity index (χ1n) is 10.2. The highest BCUT2D eigenvalue weighted by Gasteiger charge is 2.36. The van der Waals surface area contributed by atoms with Crippen LogP contribution in [0.1, 0.15) is 6.92 Å². The molecule has 8 nitrogen and oxygen atoms in total. The minimum Gasteiger partial charge on any atom is -0.386 e. The number of nitrogens with zero attached hydrogens (tertiary/aromatic N) is 5. The lowest BCUT2D eigenvalue weighted by Gasteiger charge is -2.45. The van der Waals surface area contributed by atoms with Crippen molar-refractivity contribution >= 4 is 33.7 Å². The molecule has 5 aromatic rings. The Labute approximate surface area is 178 Å². The molecule has 1 aliphatic heterocycles. The lowest BCUT2D eigenvalue weighted by atomic mass is 9.96. The van der Waals surface area contributed by atoms with Gasteiger partial charge in [-0.1, -0.05) is 12.1 Å². The molecule has 0 unspecified atom stereocenters. The van der Waals surface area contributed by atoms with Crippen LogP contribution in [0.4, 0.5) is 17.2 Å². The molecule has 0 saturated carbocycles. The number of nitrogens with one attached hydrogen (secondary N) is 2. The number of hydrogen-bond donors (Lipinski definition) is 3. The van der Waals surface area contributed by atoms with E-state index in [1.807, 2.05) is 60.2 Å². The molecule has 0 bridgehead atoms. The number of H-pyrrole nitrogens is 1. The Balaban J connectivity index is 1.33. The minimum atomic E-state index is -0.591. The number of aliphatic hydroxyl groups is 1. The molecule has 0 spiro atoms. The van der Waals surface area contributed by atoms with Crippen LogP contribution in [0.2, 0.25) is 0 Å². The van der Waals surface area contributed by atoms with Gasteiger partial charge in [-0.3, -0.25) is 5.10 Å². The Morgan fingerprint density at radius 2 is 1.97 bits per heavy atom. The maximum atomic E-state index is 9.96. The van der Waals surface area contributed by atoms with E-state index in [1.54, 1.807) is 6.20 Å². The average molecular weight is 411 g/mol. The summed E-state index contributed by atoms with van der Waals surface area (Å²) in [6.07, 6.45) is 7.47. The van der Waals surface area contributed by atoms with Crippen molar-refractivity contribution in [2.75, 3.05) is 23.3 Å². The SMILES string of the molecule is CC1(O)CN(c2ccc(Nc3nc(-c4ccc5cn[nH]c5c4)cn4ccnc34)cc2)C1. The molecular weight excluding hydrogens is 390 g/mol. The molecule has 31 heavy (non-hydrogen) atoms. The average Bonchev–Trinajstić information content (AvgIpc) is 3.41. The van der Waals surface area contributed by atoms with Gasteiger partial charge in [-0.25, -0.2) is 9.97 Å². The van der Waals surface area contributed by atoms with Gasteiger partial charge in [-0.15, -0.1) is 0 Å². The van der Waals surface area contributed by atoms with Crippen LogP contribution in [0.15, 0.2) is 67.3 Å². The van der Waals surface area contributed by atoms with Crippen molar-refractivity contribution in [1.29, 1.82) is 0 Å². The number of imidazole rings is 1. The number of aromatic amines is 1. The van der Waals surface area contributed by atoms with Crippen molar-refractivity contribution in [1.82, 2.24) is 24.6 Å². The zero-order valence-electron chi connectivity index (χ0n) is 16.9. The normalized spacial score (nSPS) is 15.4. The topological polar surface area (TPSA) is 94.4 Å². The standard InChI is InChI=1S/C23H21N7O/c1-23(31)13-30(14-23)18-6-4-17(5-7-18)26-21-22-24-8-9-29(22)12-20(27-21)15-2-3-16-11-25-28-19(16)10-15/h2-12,31H,13-14H2,1H3,(H,25,28)(H,26,27). The molecule has 1 aliphatic rings. The largest absolute Gasteiger partial charge is 0.386 e. The Morgan fingerprint density at radius 3 is 2.77 bits per heavy atom. The van der Waals surface area contributed by atoms with Gasteiger partial charge in [0.2, 0.25) is 0 Å². The lowest BCUT2D eigenvalue weighted by Crippen LogP contribution is -2.60. The first kappa shape index (κ1) is 17.9. The Kier molecular flexibility index (Phi) is 3.78. The second-order valence-corrected chi connectivity index (χ2v) is 8.33. The third-order valence-electron chi connectivity index (χ3n) is 5.67. The zero-order chi connectivity index (χ0) is 21.0. The third kappa shape index (κ3) is 3.17. The molecular formula is C23H21N7O. The molecule has 154 valence electrons. The molecule has 1 fully saturated rings. The summed E-state index contributed by atoms with van der Waals surface area (Å²) in [5.41, 5.74) is 4.99. The number of β-amino-alcohol motifs (C(OH)–C–C–N with tert-alkyl or cyclic N) is 1. The Bertz CT molecular complexity index is 1390. The van der Waals surface area contributed by atoms with E-state index < -0.39 is 5.60 Å². The van der Waals surface area contributed by atoms with Crippen LogP contribution in [0.3, 0.4) is 0 Å². The van der Waals surface area contributed by atoms with Gasteiger partial charge in [0, 0.05) is 54.0 Å². The third-order valence-corrected chi connectivity index (χ3v) is 5.67. The predicted molar refractivity (Wildman–Crippen MR) is 121 cm³/mol. The van der Waals surface area contributed by atoms with Crippen molar-refractivity contribution in [3.8, 4) is 11.3 Å². The zero-order valence-corrected chi connectivity index (χ0v) is 16.9. The molecule has 8 heteroatoms. The van der Waals surface area contributed by atoms with Crippen LogP contribution < -0.4 is 10.2 Å². The summed E-state index contributed by atoms with van der Waals surface area (Å²) in [4.78, 5) is 11.5. The highest BCUT2D eigenvalue weighted by Crippen LogP contribution is 2.30. The molecule has 1 saturated heterocycles. The van der Waals surface area contributed by atoms with Gasteiger partial charge in [0.1, 0.15) is 0 Å². The van der Waals surface area contributed by atoms with Crippen LogP contribution in [-0.2, 0) is 0 Å². The van der Waals surface area contributed by atoms with E-state index >= 15 is 0 Å². The summed E-state index contributed by atoms with van der Waals surface area (Å²) in [6.45, 7) is 3.16. The summed E-state index contributed by atoms with van der Waals surface area (Å²) < 4.78 is 1.97. The van der Waals surface area contributed by atoms with Crippen molar-refractivity contribution in [3.05, 3.63) is 67.3 Å². The maximum absolute atomic E-state index is 9.96. The number of hydrogen-bond acceptors (Lipinski definition) is 6. The molecule has 0 amide bonds. The van der Waals surface area contributed by atoms with Gasteiger partial charge >= 0.3 is 0 Å². The second kappa shape index (κ2) is 6.55. The van der Waals surface area contributed by atoms with E-state index in [9.17, 15) is 5.11 Å². The molecule has 2 aromatic carbocycles. The fourth-order valence-corrected chi connectivity index (χ4v) is 4.10. The monoisotopic (exact) mass is 411 g/mol. The predicted octanol–water partition coefficient (Wildman–Crippen LogP) is 3.59. The molecule has 4 heterocycles. The summed E-state index contributed by atoms with van der Waals surface area (Å²) in [7, 11) is 0. The van der Waals surface area contributed by atoms with E-state index in [4.69, 9.17) is 4.98 Å².